The van der Waals surface area contributed by atoms with Crippen molar-refractivity contribution in [3.8, 4) is 17.2 Å². The fourth-order valence-corrected chi connectivity index (χ4v) is 3.20. The number of nitrogens with two attached hydrogens (primary N) is 1. The van der Waals surface area contributed by atoms with Gasteiger partial charge in [-0.2, -0.15) is 10.4 Å². The van der Waals surface area contributed by atoms with Crippen LogP contribution in [0, 0.1) is 11.3 Å². The highest BCUT2D eigenvalue weighted by Gasteiger charge is 2.25. The average molecular weight is 376 g/mol. The molecule has 0 fully saturated rings. The number of carbonyl (C=O) groups excluding carboxylic acids is 2. The highest BCUT2D eigenvalue weighted by Crippen LogP contribution is 2.32. The molecule has 0 saturated carbocycles. The van der Waals surface area contributed by atoms with Crippen molar-refractivity contribution < 1.29 is 14.3 Å². The van der Waals surface area contributed by atoms with Gasteiger partial charge < -0.3 is 10.5 Å². The van der Waals surface area contributed by atoms with Crippen LogP contribution >= 0.6 is 0 Å². The minimum absolute atomic E-state index is 0.186. The summed E-state index contributed by atoms with van der Waals surface area (Å²) in [6.07, 6.45) is 0.539. The van der Waals surface area contributed by atoms with E-state index in [1.54, 1.807) is 35.7 Å². The summed E-state index contributed by atoms with van der Waals surface area (Å²) < 4.78 is 6.98. The molecule has 2 N–H and O–H groups in total. The SMILES string of the molecule is CCOC(=O)c1c(CC(N)=O)nn2c(CC)ccc2c1-c1ccc(C#N)cc1. The maximum absolute atomic E-state index is 12.8. The summed E-state index contributed by atoms with van der Waals surface area (Å²) in [5, 5.41) is 13.6. The van der Waals surface area contributed by atoms with Gasteiger partial charge in [-0.15, -0.1) is 0 Å². The first-order chi connectivity index (χ1) is 13.5. The number of amides is 1. The van der Waals surface area contributed by atoms with E-state index in [-0.39, 0.29) is 24.3 Å². The zero-order valence-electron chi connectivity index (χ0n) is 15.7. The third-order valence-electron chi connectivity index (χ3n) is 4.44. The highest BCUT2D eigenvalue weighted by molar-refractivity contribution is 6.03. The van der Waals surface area contributed by atoms with E-state index < -0.39 is 11.9 Å². The second-order valence-electron chi connectivity index (χ2n) is 6.22. The Hall–Kier alpha value is -3.66. The number of carbonyl (C=O) groups is 2. The second kappa shape index (κ2) is 7.92. The molecule has 0 aliphatic heterocycles. The molecular weight excluding hydrogens is 356 g/mol. The van der Waals surface area contributed by atoms with Gasteiger partial charge >= 0.3 is 5.97 Å². The first kappa shape index (κ1) is 19.1. The van der Waals surface area contributed by atoms with Crippen LogP contribution < -0.4 is 5.73 Å². The van der Waals surface area contributed by atoms with Gasteiger partial charge in [0.25, 0.3) is 0 Å². The summed E-state index contributed by atoms with van der Waals surface area (Å²) in [7, 11) is 0. The van der Waals surface area contributed by atoms with Crippen molar-refractivity contribution in [3.63, 3.8) is 0 Å². The molecule has 1 aromatic carbocycles. The van der Waals surface area contributed by atoms with Crippen molar-refractivity contribution in [2.24, 2.45) is 5.73 Å². The number of primary amides is 1. The number of hydrogen-bond acceptors (Lipinski definition) is 5. The molecule has 1 amide bonds. The van der Waals surface area contributed by atoms with Crippen LogP contribution in [-0.4, -0.2) is 28.1 Å². The van der Waals surface area contributed by atoms with Crippen LogP contribution in [0.3, 0.4) is 0 Å². The molecule has 0 aliphatic rings. The first-order valence-electron chi connectivity index (χ1n) is 8.99. The third kappa shape index (κ3) is 3.45. The number of ether oxygens (including phenoxy) is 1. The van der Waals surface area contributed by atoms with Crippen molar-refractivity contribution in [2.75, 3.05) is 6.61 Å². The van der Waals surface area contributed by atoms with E-state index in [1.165, 1.54) is 0 Å². The van der Waals surface area contributed by atoms with Gasteiger partial charge in [-0.05, 0) is 43.2 Å². The number of nitriles is 1. The number of benzene rings is 1. The maximum Gasteiger partial charge on any atom is 0.340 e. The summed E-state index contributed by atoms with van der Waals surface area (Å²) in [6.45, 7) is 3.90. The number of fused-ring (bicyclic) bond motifs is 1. The lowest BCUT2D eigenvalue weighted by molar-refractivity contribution is -0.117. The lowest BCUT2D eigenvalue weighted by Crippen LogP contribution is -2.21. The van der Waals surface area contributed by atoms with E-state index in [4.69, 9.17) is 15.7 Å². The molecule has 142 valence electrons. The molecule has 0 spiro atoms. The molecule has 3 aromatic rings. The van der Waals surface area contributed by atoms with E-state index in [1.807, 2.05) is 19.1 Å². The Balaban J connectivity index is 2.40. The largest absolute Gasteiger partial charge is 0.462 e. The van der Waals surface area contributed by atoms with Crippen LogP contribution in [0.25, 0.3) is 16.6 Å². The fraction of sp³-hybridized carbons (Fsp3) is 0.238. The predicted octanol–water partition coefficient (Wildman–Crippen LogP) is 2.64. The Kier molecular flexibility index (Phi) is 5.41. The van der Waals surface area contributed by atoms with Crippen LogP contribution in [0.4, 0.5) is 0 Å². The minimum Gasteiger partial charge on any atom is -0.462 e. The van der Waals surface area contributed by atoms with Gasteiger partial charge in [0.15, 0.2) is 0 Å². The Morgan fingerprint density at radius 3 is 2.46 bits per heavy atom. The predicted molar refractivity (Wildman–Crippen MR) is 104 cm³/mol. The summed E-state index contributed by atoms with van der Waals surface area (Å²) in [4.78, 5) is 24.5. The molecule has 7 nitrogen and oxygen atoms in total. The zero-order valence-corrected chi connectivity index (χ0v) is 15.7. The lowest BCUT2D eigenvalue weighted by Gasteiger charge is -2.16. The van der Waals surface area contributed by atoms with Crippen molar-refractivity contribution in [1.82, 2.24) is 9.61 Å². The van der Waals surface area contributed by atoms with Crippen LogP contribution in [0.15, 0.2) is 36.4 Å². The van der Waals surface area contributed by atoms with Crippen LogP contribution in [0.1, 0.15) is 41.2 Å². The average Bonchev–Trinajstić information content (AvgIpc) is 3.09. The molecular formula is C21H20N4O3. The van der Waals surface area contributed by atoms with E-state index in [0.29, 0.717) is 11.1 Å². The minimum atomic E-state index is -0.589. The normalized spacial score (nSPS) is 10.6. The van der Waals surface area contributed by atoms with E-state index in [9.17, 15) is 9.59 Å². The molecule has 0 saturated heterocycles. The number of hydrogen-bond donors (Lipinski definition) is 1. The maximum atomic E-state index is 12.8. The molecule has 0 unspecified atom stereocenters. The number of rotatable bonds is 6. The fourth-order valence-electron chi connectivity index (χ4n) is 3.20. The Labute approximate surface area is 162 Å². The van der Waals surface area contributed by atoms with Crippen LogP contribution in [0.5, 0.6) is 0 Å². The molecule has 3 rings (SSSR count). The van der Waals surface area contributed by atoms with Gasteiger partial charge in [-0.25, -0.2) is 9.31 Å². The van der Waals surface area contributed by atoms with Crippen LogP contribution in [0.2, 0.25) is 0 Å². The van der Waals surface area contributed by atoms with Gasteiger partial charge in [0.05, 0.1) is 41.4 Å². The van der Waals surface area contributed by atoms with E-state index >= 15 is 0 Å². The number of aromatic nitrogens is 2. The van der Waals surface area contributed by atoms with Crippen molar-refractivity contribution >= 4 is 17.4 Å². The number of esters is 1. The van der Waals surface area contributed by atoms with Gasteiger partial charge in [0, 0.05) is 11.3 Å². The zero-order chi connectivity index (χ0) is 20.3. The van der Waals surface area contributed by atoms with Crippen molar-refractivity contribution in [2.45, 2.75) is 26.7 Å². The molecule has 2 heterocycles. The molecule has 0 aliphatic carbocycles. The Morgan fingerprint density at radius 1 is 1.18 bits per heavy atom. The lowest BCUT2D eigenvalue weighted by atomic mass is 9.96. The first-order valence-corrected chi connectivity index (χ1v) is 8.99. The highest BCUT2D eigenvalue weighted by atomic mass is 16.5. The van der Waals surface area contributed by atoms with Gasteiger partial charge in [-0.1, -0.05) is 19.1 Å². The second-order valence-corrected chi connectivity index (χ2v) is 6.22. The van der Waals surface area contributed by atoms with Crippen LogP contribution in [-0.2, 0) is 22.4 Å². The summed E-state index contributed by atoms with van der Waals surface area (Å²) in [5.74, 6) is -1.15. The molecule has 0 atom stereocenters. The monoisotopic (exact) mass is 376 g/mol. The number of nitrogens with zero attached hydrogens (tertiary/aromatic N) is 3. The Morgan fingerprint density at radius 2 is 1.89 bits per heavy atom. The summed E-state index contributed by atoms with van der Waals surface area (Å²) in [6, 6.07) is 12.8. The molecule has 2 aromatic heterocycles. The summed E-state index contributed by atoms with van der Waals surface area (Å²) in [5.41, 5.74) is 9.39. The van der Waals surface area contributed by atoms with Gasteiger partial charge in [0.1, 0.15) is 0 Å². The van der Waals surface area contributed by atoms with E-state index in [2.05, 4.69) is 11.2 Å². The topological polar surface area (TPSA) is 110 Å². The van der Waals surface area contributed by atoms with Gasteiger partial charge in [-0.3, -0.25) is 4.79 Å². The standard InChI is InChI=1S/C21H20N4O3/c1-3-15-9-10-17-19(14-7-5-13(12-22)6-8-14)20(21(27)28-4-2)16(11-18(23)26)24-25(15)17/h5-10H,3-4,11H2,1-2H3,(H2,23,26). The quantitative estimate of drug-likeness (QED) is 0.665. The molecule has 0 radical (unpaired) electrons. The molecule has 28 heavy (non-hydrogen) atoms. The molecule has 7 heteroatoms. The van der Waals surface area contributed by atoms with Crippen molar-refractivity contribution in [1.29, 1.82) is 5.26 Å². The Bertz CT molecular complexity index is 1090. The molecule has 0 bridgehead atoms. The smallest absolute Gasteiger partial charge is 0.340 e. The van der Waals surface area contributed by atoms with E-state index in [0.717, 1.165) is 23.2 Å². The number of aryl methyl sites for hydroxylation is 1. The third-order valence-corrected chi connectivity index (χ3v) is 4.44. The summed E-state index contributed by atoms with van der Waals surface area (Å²) >= 11 is 0. The van der Waals surface area contributed by atoms with Gasteiger partial charge in [0.2, 0.25) is 5.91 Å². The van der Waals surface area contributed by atoms with Crippen molar-refractivity contribution in [3.05, 3.63) is 58.9 Å².